The Balaban J connectivity index is 1.57. The Morgan fingerprint density at radius 2 is 1.90 bits per heavy atom. The number of anilines is 1. The van der Waals surface area contributed by atoms with E-state index in [1.54, 1.807) is 31.2 Å². The Morgan fingerprint density at radius 1 is 1.16 bits per heavy atom. The second kappa shape index (κ2) is 10.3. The number of carbonyl (C=O) groups excluding carboxylic acids is 1. The lowest BCUT2D eigenvalue weighted by Crippen LogP contribution is -2.13. The molecule has 2 aromatic carbocycles. The van der Waals surface area contributed by atoms with Crippen LogP contribution in [-0.4, -0.2) is 24.3 Å². The zero-order chi connectivity index (χ0) is 22.2. The number of hydrogen-bond donors (Lipinski definition) is 1. The van der Waals surface area contributed by atoms with Crippen LogP contribution < -0.4 is 14.8 Å². The highest BCUT2D eigenvalue weighted by Gasteiger charge is 2.12. The molecule has 0 saturated heterocycles. The summed E-state index contributed by atoms with van der Waals surface area (Å²) < 4.78 is 16.2. The highest BCUT2D eigenvalue weighted by Crippen LogP contribution is 2.26. The van der Waals surface area contributed by atoms with Gasteiger partial charge in [0.2, 0.25) is 0 Å². The van der Waals surface area contributed by atoms with Crippen LogP contribution in [0.15, 0.2) is 58.6 Å². The number of nitrogens with one attached hydrogen (secondary N) is 1. The first-order chi connectivity index (χ1) is 14.9. The normalized spacial score (nSPS) is 11.0. The fourth-order valence-corrected chi connectivity index (χ4v) is 2.84. The zero-order valence-corrected chi connectivity index (χ0v) is 17.8. The maximum absolute atomic E-state index is 12.3. The SMILES string of the molecule is Cc1ccc(OCCOc2ccc(C=C(C#N)C(=O)Nc3cc(C)on3)cc2Cl)cc1. The van der Waals surface area contributed by atoms with Crippen LogP contribution in [0.5, 0.6) is 11.5 Å². The van der Waals surface area contributed by atoms with E-state index in [4.69, 9.17) is 25.6 Å². The molecule has 1 amide bonds. The van der Waals surface area contributed by atoms with Gasteiger partial charge in [-0.05, 0) is 49.8 Å². The number of halogens is 1. The van der Waals surface area contributed by atoms with E-state index in [1.807, 2.05) is 37.3 Å². The monoisotopic (exact) mass is 437 g/mol. The van der Waals surface area contributed by atoms with Crippen LogP contribution in [0, 0.1) is 25.2 Å². The van der Waals surface area contributed by atoms with E-state index in [2.05, 4.69) is 10.5 Å². The molecule has 1 N–H and O–H groups in total. The number of amides is 1. The van der Waals surface area contributed by atoms with Crippen LogP contribution in [0.4, 0.5) is 5.82 Å². The van der Waals surface area contributed by atoms with Crippen LogP contribution >= 0.6 is 11.6 Å². The van der Waals surface area contributed by atoms with Crippen LogP contribution in [0.3, 0.4) is 0 Å². The first-order valence-corrected chi connectivity index (χ1v) is 9.80. The lowest BCUT2D eigenvalue weighted by molar-refractivity contribution is -0.112. The summed E-state index contributed by atoms with van der Waals surface area (Å²) in [7, 11) is 0. The standard InChI is InChI=1S/C23H20ClN3O4/c1-15-3-6-19(7-4-15)29-9-10-30-21-8-5-17(13-20(21)24)12-18(14-25)23(28)26-22-11-16(2)31-27-22/h3-8,11-13H,9-10H2,1-2H3,(H,26,27,28). The van der Waals surface area contributed by atoms with E-state index in [9.17, 15) is 10.1 Å². The van der Waals surface area contributed by atoms with Crippen molar-refractivity contribution in [3.63, 3.8) is 0 Å². The maximum atomic E-state index is 12.3. The van der Waals surface area contributed by atoms with Crippen molar-refractivity contribution in [2.75, 3.05) is 18.5 Å². The summed E-state index contributed by atoms with van der Waals surface area (Å²) in [5.41, 5.74) is 1.64. The van der Waals surface area contributed by atoms with Crippen molar-refractivity contribution >= 4 is 29.4 Å². The first kappa shape index (κ1) is 21.9. The molecule has 1 aromatic heterocycles. The Bertz CT molecular complexity index is 1130. The van der Waals surface area contributed by atoms with Gasteiger partial charge < -0.3 is 19.3 Å². The molecule has 0 unspecified atom stereocenters. The number of ether oxygens (including phenoxy) is 2. The van der Waals surface area contributed by atoms with Crippen molar-refractivity contribution < 1.29 is 18.8 Å². The molecule has 7 nitrogen and oxygen atoms in total. The van der Waals surface area contributed by atoms with Crippen LogP contribution in [-0.2, 0) is 4.79 Å². The molecular formula is C23H20ClN3O4. The fraction of sp³-hybridized carbons (Fsp3) is 0.174. The van der Waals surface area contributed by atoms with Gasteiger partial charge in [0.05, 0.1) is 5.02 Å². The third-order valence-corrected chi connectivity index (χ3v) is 4.43. The lowest BCUT2D eigenvalue weighted by Gasteiger charge is -2.10. The smallest absolute Gasteiger partial charge is 0.267 e. The topological polar surface area (TPSA) is 97.4 Å². The van der Waals surface area contributed by atoms with Crippen molar-refractivity contribution in [1.29, 1.82) is 5.26 Å². The number of nitrogens with zero attached hydrogens (tertiary/aromatic N) is 2. The number of nitriles is 1. The predicted molar refractivity (Wildman–Crippen MR) is 117 cm³/mol. The van der Waals surface area contributed by atoms with Gasteiger partial charge >= 0.3 is 0 Å². The second-order valence-electron chi connectivity index (χ2n) is 6.65. The molecule has 8 heteroatoms. The van der Waals surface area contributed by atoms with Crippen molar-refractivity contribution in [2.24, 2.45) is 0 Å². The Hall–Kier alpha value is -3.76. The molecular weight excluding hydrogens is 418 g/mol. The summed E-state index contributed by atoms with van der Waals surface area (Å²) in [6.45, 7) is 4.38. The number of hydrogen-bond acceptors (Lipinski definition) is 6. The number of aryl methyl sites for hydroxylation is 2. The fourth-order valence-electron chi connectivity index (χ4n) is 2.59. The number of benzene rings is 2. The van der Waals surface area contributed by atoms with Gasteiger partial charge in [-0.25, -0.2) is 0 Å². The molecule has 0 aliphatic carbocycles. The average Bonchev–Trinajstić information content (AvgIpc) is 3.16. The minimum Gasteiger partial charge on any atom is -0.490 e. The Labute approximate surface area is 184 Å². The molecule has 158 valence electrons. The summed E-state index contributed by atoms with van der Waals surface area (Å²) in [4.78, 5) is 12.3. The minimum atomic E-state index is -0.597. The van der Waals surface area contributed by atoms with E-state index in [1.165, 1.54) is 6.08 Å². The van der Waals surface area contributed by atoms with Crippen molar-refractivity contribution in [2.45, 2.75) is 13.8 Å². The quantitative estimate of drug-likeness (QED) is 0.304. The molecule has 0 fully saturated rings. The van der Waals surface area contributed by atoms with E-state index in [0.717, 1.165) is 11.3 Å². The second-order valence-corrected chi connectivity index (χ2v) is 7.05. The largest absolute Gasteiger partial charge is 0.490 e. The van der Waals surface area contributed by atoms with Gasteiger partial charge in [-0.15, -0.1) is 0 Å². The first-order valence-electron chi connectivity index (χ1n) is 9.43. The summed E-state index contributed by atoms with van der Waals surface area (Å²) >= 11 is 6.28. The number of carbonyl (C=O) groups is 1. The highest BCUT2D eigenvalue weighted by atomic mass is 35.5. The number of aromatic nitrogens is 1. The molecule has 3 rings (SSSR count). The van der Waals surface area contributed by atoms with E-state index < -0.39 is 5.91 Å². The van der Waals surface area contributed by atoms with Crippen molar-refractivity contribution in [3.8, 4) is 17.6 Å². The molecule has 31 heavy (non-hydrogen) atoms. The van der Waals surface area contributed by atoms with Gasteiger partial charge in [0.25, 0.3) is 5.91 Å². The highest BCUT2D eigenvalue weighted by molar-refractivity contribution is 6.32. The van der Waals surface area contributed by atoms with Crippen LogP contribution in [0.25, 0.3) is 6.08 Å². The van der Waals surface area contributed by atoms with Gasteiger partial charge in [0.1, 0.15) is 42.1 Å². The van der Waals surface area contributed by atoms with Crippen molar-refractivity contribution in [1.82, 2.24) is 5.16 Å². The summed E-state index contributed by atoms with van der Waals surface area (Å²) in [5.74, 6) is 1.43. The van der Waals surface area contributed by atoms with E-state index in [-0.39, 0.29) is 11.4 Å². The molecule has 1 heterocycles. The Morgan fingerprint density at radius 3 is 2.55 bits per heavy atom. The number of rotatable bonds is 8. The van der Waals surface area contributed by atoms with Crippen molar-refractivity contribution in [3.05, 3.63) is 76.0 Å². The Kier molecular flexibility index (Phi) is 7.31. The van der Waals surface area contributed by atoms with Crippen LogP contribution in [0.1, 0.15) is 16.9 Å². The van der Waals surface area contributed by atoms with Gasteiger partial charge in [-0.3, -0.25) is 4.79 Å². The van der Waals surface area contributed by atoms with Gasteiger partial charge in [0, 0.05) is 6.07 Å². The lowest BCUT2D eigenvalue weighted by atomic mass is 10.1. The van der Waals surface area contributed by atoms with Gasteiger partial charge in [-0.1, -0.05) is 40.5 Å². The summed E-state index contributed by atoms with van der Waals surface area (Å²) in [6.07, 6.45) is 1.43. The van der Waals surface area contributed by atoms with E-state index in [0.29, 0.717) is 35.3 Å². The molecule has 0 saturated carbocycles. The molecule has 0 atom stereocenters. The molecule has 0 bridgehead atoms. The van der Waals surface area contributed by atoms with E-state index >= 15 is 0 Å². The third kappa shape index (κ3) is 6.36. The molecule has 0 radical (unpaired) electrons. The summed E-state index contributed by atoms with van der Waals surface area (Å²) in [5, 5.41) is 15.9. The molecule has 0 aliphatic rings. The average molecular weight is 438 g/mol. The predicted octanol–water partition coefficient (Wildman–Crippen LogP) is 4.95. The zero-order valence-electron chi connectivity index (χ0n) is 17.0. The van der Waals surface area contributed by atoms with Gasteiger partial charge in [0.15, 0.2) is 5.82 Å². The summed E-state index contributed by atoms with van der Waals surface area (Å²) in [6, 6.07) is 16.2. The minimum absolute atomic E-state index is 0.100. The maximum Gasteiger partial charge on any atom is 0.267 e. The van der Waals surface area contributed by atoms with Gasteiger partial charge in [-0.2, -0.15) is 5.26 Å². The molecule has 0 spiro atoms. The molecule has 3 aromatic rings. The van der Waals surface area contributed by atoms with Crippen LogP contribution in [0.2, 0.25) is 5.02 Å². The third-order valence-electron chi connectivity index (χ3n) is 4.13. The molecule has 0 aliphatic heterocycles.